The first kappa shape index (κ1) is 13.9. The van der Waals surface area contributed by atoms with Crippen molar-refractivity contribution in [3.63, 3.8) is 0 Å². The van der Waals surface area contributed by atoms with E-state index in [1.165, 1.54) is 0 Å². The Kier molecular flexibility index (Phi) is 4.60. The van der Waals surface area contributed by atoms with Crippen molar-refractivity contribution in [2.45, 2.75) is 0 Å². The molecule has 0 unspecified atom stereocenters. The van der Waals surface area contributed by atoms with Crippen LogP contribution in [0.4, 0.5) is 0 Å². The maximum absolute atomic E-state index is 11.9. The molecule has 2 aromatic carbocycles. The zero-order valence-electron chi connectivity index (χ0n) is 11.5. The average Bonchev–Trinajstić information content (AvgIpc) is 2.53. The van der Waals surface area contributed by atoms with E-state index >= 15 is 0 Å². The molecule has 4 nitrogen and oxygen atoms in total. The number of methoxy groups -OCH3 is 2. The molecule has 0 amide bonds. The molecule has 0 aliphatic rings. The highest BCUT2D eigenvalue weighted by Gasteiger charge is 2.08. The predicted molar refractivity (Wildman–Crippen MR) is 75.8 cm³/mol. The molecule has 20 heavy (non-hydrogen) atoms. The molecule has 0 saturated heterocycles. The van der Waals surface area contributed by atoms with Gasteiger partial charge in [-0.2, -0.15) is 0 Å². The van der Waals surface area contributed by atoms with Gasteiger partial charge in [-0.1, -0.05) is 30.3 Å². The van der Waals surface area contributed by atoms with E-state index in [0.29, 0.717) is 22.8 Å². The first-order valence-electron chi connectivity index (χ1n) is 6.17. The van der Waals surface area contributed by atoms with Crippen LogP contribution in [-0.4, -0.2) is 26.6 Å². The van der Waals surface area contributed by atoms with Gasteiger partial charge in [0.25, 0.3) is 0 Å². The summed E-state index contributed by atoms with van der Waals surface area (Å²) < 4.78 is 15.8. The Morgan fingerprint density at radius 3 is 2.00 bits per heavy atom. The zero-order chi connectivity index (χ0) is 14.4. The van der Waals surface area contributed by atoms with Crippen LogP contribution in [0.1, 0.15) is 10.4 Å². The highest BCUT2D eigenvalue weighted by molar-refractivity contribution is 5.97. The normalized spacial score (nSPS) is 9.90. The molecule has 4 heteroatoms. The molecule has 0 bridgehead atoms. The Bertz CT molecular complexity index is 556. The zero-order valence-corrected chi connectivity index (χ0v) is 11.5. The fourth-order valence-corrected chi connectivity index (χ4v) is 1.72. The van der Waals surface area contributed by atoms with E-state index in [4.69, 9.17) is 14.2 Å². The highest BCUT2D eigenvalue weighted by Crippen LogP contribution is 2.27. The second-order valence-corrected chi connectivity index (χ2v) is 4.13. The van der Waals surface area contributed by atoms with E-state index in [2.05, 4.69) is 0 Å². The summed E-state index contributed by atoms with van der Waals surface area (Å²) in [7, 11) is 3.13. The predicted octanol–water partition coefficient (Wildman–Crippen LogP) is 2.97. The summed E-state index contributed by atoms with van der Waals surface area (Å²) in [5.74, 6) is 1.69. The Morgan fingerprint density at radius 2 is 1.45 bits per heavy atom. The van der Waals surface area contributed by atoms with Gasteiger partial charge in [0.2, 0.25) is 0 Å². The minimum atomic E-state index is -0.0765. The topological polar surface area (TPSA) is 44.8 Å². The molecule has 0 spiro atoms. The van der Waals surface area contributed by atoms with Crippen LogP contribution in [0.5, 0.6) is 17.2 Å². The fourth-order valence-electron chi connectivity index (χ4n) is 1.72. The van der Waals surface area contributed by atoms with Crippen LogP contribution in [0, 0.1) is 0 Å². The maximum atomic E-state index is 11.9. The van der Waals surface area contributed by atoms with Gasteiger partial charge in [0, 0.05) is 23.8 Å². The SMILES string of the molecule is COc1cc(OC)cc(OCC(=O)c2ccccc2)c1. The standard InChI is InChI=1S/C16H16O4/c1-18-13-8-14(19-2)10-15(9-13)20-11-16(17)12-6-4-3-5-7-12/h3-10H,11H2,1-2H3. The molecule has 0 saturated carbocycles. The molecule has 2 aromatic rings. The van der Waals surface area contributed by atoms with Gasteiger partial charge in [0.1, 0.15) is 17.2 Å². The van der Waals surface area contributed by atoms with E-state index in [1.807, 2.05) is 18.2 Å². The van der Waals surface area contributed by atoms with Crippen molar-refractivity contribution in [3.05, 3.63) is 54.1 Å². The van der Waals surface area contributed by atoms with Crippen molar-refractivity contribution in [1.82, 2.24) is 0 Å². The van der Waals surface area contributed by atoms with E-state index in [0.717, 1.165) is 0 Å². The minimum Gasteiger partial charge on any atom is -0.496 e. The molecule has 0 aliphatic heterocycles. The first-order valence-corrected chi connectivity index (χ1v) is 6.17. The lowest BCUT2D eigenvalue weighted by molar-refractivity contribution is 0.0921. The van der Waals surface area contributed by atoms with Crippen molar-refractivity contribution in [3.8, 4) is 17.2 Å². The van der Waals surface area contributed by atoms with Crippen LogP contribution in [0.2, 0.25) is 0 Å². The van der Waals surface area contributed by atoms with Crippen LogP contribution in [0.3, 0.4) is 0 Å². The monoisotopic (exact) mass is 272 g/mol. The van der Waals surface area contributed by atoms with Gasteiger partial charge in [0.05, 0.1) is 14.2 Å². The molecule has 104 valence electrons. The smallest absolute Gasteiger partial charge is 0.200 e. The van der Waals surface area contributed by atoms with Crippen LogP contribution in [0.15, 0.2) is 48.5 Å². The van der Waals surface area contributed by atoms with Crippen molar-refractivity contribution in [2.75, 3.05) is 20.8 Å². The summed E-state index contributed by atoms with van der Waals surface area (Å²) in [6.45, 7) is -0.0274. The minimum absolute atomic E-state index is 0.0274. The van der Waals surface area contributed by atoms with Gasteiger partial charge in [-0.15, -0.1) is 0 Å². The van der Waals surface area contributed by atoms with Gasteiger partial charge < -0.3 is 14.2 Å². The summed E-state index contributed by atoms with van der Waals surface area (Å²) in [6.07, 6.45) is 0. The Hall–Kier alpha value is -2.49. The lowest BCUT2D eigenvalue weighted by Crippen LogP contribution is -2.11. The van der Waals surface area contributed by atoms with Crippen LogP contribution in [-0.2, 0) is 0 Å². The number of ether oxygens (including phenoxy) is 3. The van der Waals surface area contributed by atoms with Crippen molar-refractivity contribution in [2.24, 2.45) is 0 Å². The third-order valence-corrected chi connectivity index (χ3v) is 2.79. The summed E-state index contributed by atoms with van der Waals surface area (Å²) in [5, 5.41) is 0. The van der Waals surface area contributed by atoms with Crippen molar-refractivity contribution >= 4 is 5.78 Å². The number of hydrogen-bond acceptors (Lipinski definition) is 4. The third-order valence-electron chi connectivity index (χ3n) is 2.79. The van der Waals surface area contributed by atoms with Crippen molar-refractivity contribution < 1.29 is 19.0 Å². The maximum Gasteiger partial charge on any atom is 0.200 e. The molecule has 0 atom stereocenters. The summed E-state index contributed by atoms with van der Waals surface area (Å²) in [4.78, 5) is 11.9. The van der Waals surface area contributed by atoms with Crippen molar-refractivity contribution in [1.29, 1.82) is 0 Å². The Balaban J connectivity index is 2.05. The second-order valence-electron chi connectivity index (χ2n) is 4.13. The quantitative estimate of drug-likeness (QED) is 0.758. The molecule has 0 N–H and O–H groups in total. The van der Waals surface area contributed by atoms with Gasteiger partial charge in [-0.25, -0.2) is 0 Å². The number of rotatable bonds is 6. The Morgan fingerprint density at radius 1 is 0.900 bits per heavy atom. The van der Waals surface area contributed by atoms with Crippen LogP contribution >= 0.6 is 0 Å². The van der Waals surface area contributed by atoms with Crippen LogP contribution in [0.25, 0.3) is 0 Å². The van der Waals surface area contributed by atoms with E-state index in [1.54, 1.807) is 44.6 Å². The van der Waals surface area contributed by atoms with Gasteiger partial charge in [-0.3, -0.25) is 4.79 Å². The number of carbonyl (C=O) groups excluding carboxylic acids is 1. The molecular weight excluding hydrogens is 256 g/mol. The number of hydrogen-bond donors (Lipinski definition) is 0. The fraction of sp³-hybridized carbons (Fsp3) is 0.188. The molecule has 2 rings (SSSR count). The highest BCUT2D eigenvalue weighted by atomic mass is 16.5. The van der Waals surface area contributed by atoms with Gasteiger partial charge in [-0.05, 0) is 0 Å². The summed E-state index contributed by atoms with van der Waals surface area (Å²) >= 11 is 0. The van der Waals surface area contributed by atoms with E-state index in [-0.39, 0.29) is 12.4 Å². The number of benzene rings is 2. The third kappa shape index (κ3) is 3.51. The number of Topliss-reactive ketones (excluding diaryl/α,β-unsaturated/α-hetero) is 1. The molecular formula is C16H16O4. The molecule has 0 fully saturated rings. The van der Waals surface area contributed by atoms with Gasteiger partial charge in [0.15, 0.2) is 12.4 Å². The number of carbonyl (C=O) groups is 1. The second kappa shape index (κ2) is 6.61. The molecule has 0 aromatic heterocycles. The first-order chi connectivity index (χ1) is 9.72. The van der Waals surface area contributed by atoms with Gasteiger partial charge >= 0.3 is 0 Å². The summed E-state index contributed by atoms with van der Waals surface area (Å²) in [6, 6.07) is 14.2. The molecule has 0 aliphatic carbocycles. The van der Waals surface area contributed by atoms with E-state index < -0.39 is 0 Å². The summed E-state index contributed by atoms with van der Waals surface area (Å²) in [5.41, 5.74) is 0.627. The Labute approximate surface area is 117 Å². The number of ketones is 1. The lowest BCUT2D eigenvalue weighted by atomic mass is 10.1. The molecule has 0 radical (unpaired) electrons. The average molecular weight is 272 g/mol. The van der Waals surface area contributed by atoms with E-state index in [9.17, 15) is 4.79 Å². The lowest BCUT2D eigenvalue weighted by Gasteiger charge is -2.09. The van der Waals surface area contributed by atoms with Crippen LogP contribution < -0.4 is 14.2 Å². The largest absolute Gasteiger partial charge is 0.496 e. The molecule has 0 heterocycles.